The smallest absolute Gasteiger partial charge is 0.0991 e. The molecule has 86 valence electrons. The molecule has 1 atom stereocenters. The van der Waals surface area contributed by atoms with Crippen LogP contribution in [-0.4, -0.2) is 23.7 Å². The van der Waals surface area contributed by atoms with Gasteiger partial charge in [-0.05, 0) is 24.1 Å². The summed E-state index contributed by atoms with van der Waals surface area (Å²) in [7, 11) is 0.766. The maximum Gasteiger partial charge on any atom is 0.0991 e. The molecule has 0 aliphatic carbocycles. The van der Waals surface area contributed by atoms with Gasteiger partial charge < -0.3 is 4.74 Å². The Hall–Kier alpha value is -1.18. The highest BCUT2D eigenvalue weighted by Gasteiger charge is 2.02. The lowest BCUT2D eigenvalue weighted by Gasteiger charge is -2.02. The summed E-state index contributed by atoms with van der Waals surface area (Å²) in [5, 5.41) is 8.73. The molecule has 0 aliphatic heterocycles. The fourth-order valence-corrected chi connectivity index (χ4v) is 2.49. The van der Waals surface area contributed by atoms with Crippen LogP contribution in [0.5, 0.6) is 0 Å². The molecule has 3 nitrogen and oxygen atoms in total. The van der Waals surface area contributed by atoms with Crippen LogP contribution in [0.3, 0.4) is 0 Å². The van der Waals surface area contributed by atoms with E-state index in [-0.39, 0.29) is 0 Å². The van der Waals surface area contributed by atoms with Crippen molar-refractivity contribution in [3.63, 3.8) is 0 Å². The molecule has 0 fully saturated rings. The van der Waals surface area contributed by atoms with Gasteiger partial charge in [0.15, 0.2) is 0 Å². The Morgan fingerprint density at radius 3 is 3.00 bits per heavy atom. The number of rotatable bonds is 6. The third-order valence-corrected chi connectivity index (χ3v) is 3.50. The molecule has 1 rings (SSSR count). The standard InChI is InChI=1S/C12H15NO2S/c1-15-6-3-7-16(14)10-12-5-2-4-11(8-12)9-13/h2,4-5,8H,3,6-7,10H2,1H3. The molecule has 0 aliphatic rings. The molecule has 0 heterocycles. The van der Waals surface area contributed by atoms with Crippen molar-refractivity contribution < 1.29 is 8.95 Å². The van der Waals surface area contributed by atoms with Crippen molar-refractivity contribution in [3.8, 4) is 6.07 Å². The number of ether oxygens (including phenoxy) is 1. The molecule has 0 N–H and O–H groups in total. The average Bonchev–Trinajstić information content (AvgIpc) is 2.29. The quantitative estimate of drug-likeness (QED) is 0.709. The van der Waals surface area contributed by atoms with Crippen molar-refractivity contribution in [3.05, 3.63) is 35.4 Å². The van der Waals surface area contributed by atoms with Crippen LogP contribution in [0.15, 0.2) is 24.3 Å². The Balaban J connectivity index is 2.47. The van der Waals surface area contributed by atoms with E-state index in [9.17, 15) is 4.21 Å². The van der Waals surface area contributed by atoms with Crippen LogP contribution >= 0.6 is 0 Å². The summed E-state index contributed by atoms with van der Waals surface area (Å²) in [6.07, 6.45) is 0.807. The highest BCUT2D eigenvalue weighted by Crippen LogP contribution is 2.07. The normalized spacial score (nSPS) is 12.0. The van der Waals surface area contributed by atoms with Gasteiger partial charge in [-0.15, -0.1) is 0 Å². The fourth-order valence-electron chi connectivity index (χ4n) is 1.35. The number of nitrogens with zero attached hydrogens (tertiary/aromatic N) is 1. The summed E-state index contributed by atoms with van der Waals surface area (Å²) in [6.45, 7) is 0.643. The van der Waals surface area contributed by atoms with E-state index >= 15 is 0 Å². The van der Waals surface area contributed by atoms with E-state index in [1.54, 1.807) is 19.2 Å². The lowest BCUT2D eigenvalue weighted by atomic mass is 10.2. The highest BCUT2D eigenvalue weighted by atomic mass is 32.2. The second-order valence-electron chi connectivity index (χ2n) is 3.45. The molecule has 1 unspecified atom stereocenters. The summed E-state index contributed by atoms with van der Waals surface area (Å²) in [6, 6.07) is 9.32. The molecule has 0 saturated carbocycles. The van der Waals surface area contributed by atoms with Crippen LogP contribution in [0.1, 0.15) is 17.5 Å². The second kappa shape index (κ2) is 7.15. The molecule has 0 radical (unpaired) electrons. The zero-order chi connectivity index (χ0) is 11.8. The molecule has 16 heavy (non-hydrogen) atoms. The molecule has 0 bridgehead atoms. The molecule has 1 aromatic carbocycles. The van der Waals surface area contributed by atoms with Crippen LogP contribution in [0.2, 0.25) is 0 Å². The molecule has 0 aromatic heterocycles. The van der Waals surface area contributed by atoms with Gasteiger partial charge in [0.25, 0.3) is 0 Å². The topological polar surface area (TPSA) is 50.1 Å². The Morgan fingerprint density at radius 2 is 2.31 bits per heavy atom. The van der Waals surface area contributed by atoms with Crippen molar-refractivity contribution in [1.29, 1.82) is 5.26 Å². The minimum atomic E-state index is -0.872. The lowest BCUT2D eigenvalue weighted by molar-refractivity contribution is 0.200. The third-order valence-electron chi connectivity index (χ3n) is 2.10. The Morgan fingerprint density at radius 1 is 1.50 bits per heavy atom. The SMILES string of the molecule is COCCCS(=O)Cc1cccc(C#N)c1. The first-order valence-corrected chi connectivity index (χ1v) is 6.58. The maximum atomic E-state index is 11.7. The van der Waals surface area contributed by atoms with Crippen LogP contribution in [0.25, 0.3) is 0 Å². The lowest BCUT2D eigenvalue weighted by Crippen LogP contribution is -2.03. The number of nitriles is 1. The number of methoxy groups -OCH3 is 1. The van der Waals surface area contributed by atoms with Crippen LogP contribution in [-0.2, 0) is 21.3 Å². The molecule has 0 saturated heterocycles. The molecule has 4 heteroatoms. The summed E-state index contributed by atoms with van der Waals surface area (Å²) >= 11 is 0. The van der Waals surface area contributed by atoms with Crippen molar-refractivity contribution >= 4 is 10.8 Å². The first-order chi connectivity index (χ1) is 7.76. The largest absolute Gasteiger partial charge is 0.385 e. The Labute approximate surface area is 98.5 Å². The van der Waals surface area contributed by atoms with Crippen LogP contribution in [0.4, 0.5) is 0 Å². The summed E-state index contributed by atoms with van der Waals surface area (Å²) < 4.78 is 16.6. The van der Waals surface area contributed by atoms with Gasteiger partial charge in [-0.3, -0.25) is 4.21 Å². The van der Waals surface area contributed by atoms with E-state index in [1.165, 1.54) is 0 Å². The first kappa shape index (κ1) is 12.9. The zero-order valence-electron chi connectivity index (χ0n) is 9.31. The Kier molecular flexibility index (Phi) is 5.76. The number of hydrogen-bond acceptors (Lipinski definition) is 3. The average molecular weight is 237 g/mol. The van der Waals surface area contributed by atoms with Crippen LogP contribution < -0.4 is 0 Å². The fraction of sp³-hybridized carbons (Fsp3) is 0.417. The van der Waals surface area contributed by atoms with E-state index in [0.717, 1.165) is 12.0 Å². The minimum Gasteiger partial charge on any atom is -0.385 e. The van der Waals surface area contributed by atoms with E-state index in [1.807, 2.05) is 12.1 Å². The predicted molar refractivity (Wildman–Crippen MR) is 64.4 cm³/mol. The zero-order valence-corrected chi connectivity index (χ0v) is 10.1. The monoisotopic (exact) mass is 237 g/mol. The van der Waals surface area contributed by atoms with E-state index in [4.69, 9.17) is 10.00 Å². The van der Waals surface area contributed by atoms with E-state index in [0.29, 0.717) is 23.7 Å². The Bertz CT molecular complexity index is 398. The van der Waals surface area contributed by atoms with Gasteiger partial charge in [0.05, 0.1) is 11.6 Å². The second-order valence-corrected chi connectivity index (χ2v) is 5.02. The van der Waals surface area contributed by atoms with Gasteiger partial charge >= 0.3 is 0 Å². The van der Waals surface area contributed by atoms with Gasteiger partial charge in [0, 0.05) is 36.0 Å². The van der Waals surface area contributed by atoms with Gasteiger partial charge in [0.2, 0.25) is 0 Å². The van der Waals surface area contributed by atoms with Gasteiger partial charge in [0.1, 0.15) is 0 Å². The van der Waals surface area contributed by atoms with Crippen molar-refractivity contribution in [2.45, 2.75) is 12.2 Å². The predicted octanol–water partition coefficient (Wildman–Crippen LogP) is 1.84. The van der Waals surface area contributed by atoms with E-state index in [2.05, 4.69) is 6.07 Å². The summed E-state index contributed by atoms with van der Waals surface area (Å²) in [5.74, 6) is 1.16. The number of hydrogen-bond donors (Lipinski definition) is 0. The molecule has 0 amide bonds. The van der Waals surface area contributed by atoms with Gasteiger partial charge in [-0.2, -0.15) is 5.26 Å². The molecular formula is C12H15NO2S. The molecule has 1 aromatic rings. The minimum absolute atomic E-state index is 0.513. The summed E-state index contributed by atoms with van der Waals surface area (Å²) in [4.78, 5) is 0. The van der Waals surface area contributed by atoms with Crippen molar-refractivity contribution in [2.24, 2.45) is 0 Å². The van der Waals surface area contributed by atoms with Crippen LogP contribution in [0, 0.1) is 11.3 Å². The van der Waals surface area contributed by atoms with Crippen molar-refractivity contribution in [2.75, 3.05) is 19.5 Å². The van der Waals surface area contributed by atoms with E-state index < -0.39 is 10.8 Å². The maximum absolute atomic E-state index is 11.7. The highest BCUT2D eigenvalue weighted by molar-refractivity contribution is 7.84. The number of benzene rings is 1. The first-order valence-electron chi connectivity index (χ1n) is 5.09. The summed E-state index contributed by atoms with van der Waals surface area (Å²) in [5.41, 5.74) is 1.57. The molecule has 0 spiro atoms. The van der Waals surface area contributed by atoms with Gasteiger partial charge in [-0.1, -0.05) is 12.1 Å². The van der Waals surface area contributed by atoms with Gasteiger partial charge in [-0.25, -0.2) is 0 Å². The van der Waals surface area contributed by atoms with Crippen molar-refractivity contribution in [1.82, 2.24) is 0 Å². The third kappa shape index (κ3) is 4.56. The molecular weight excluding hydrogens is 222 g/mol.